The van der Waals surface area contributed by atoms with Crippen molar-refractivity contribution in [2.24, 2.45) is 5.92 Å². The van der Waals surface area contributed by atoms with Crippen molar-refractivity contribution in [1.29, 1.82) is 0 Å². The molecule has 0 spiro atoms. The fraction of sp³-hybridized carbons (Fsp3) is 0.583. The summed E-state index contributed by atoms with van der Waals surface area (Å²) in [5.41, 5.74) is 0. The van der Waals surface area contributed by atoms with Crippen LogP contribution in [0.5, 0.6) is 0 Å². The number of halogens is 1. The van der Waals surface area contributed by atoms with E-state index in [1.54, 1.807) is 6.07 Å². The number of nitrogens with zero attached hydrogens (tertiary/aromatic N) is 2. The molecule has 0 saturated carbocycles. The zero-order valence-electron chi connectivity index (χ0n) is 10.8. The number of hydrogen-bond acceptors (Lipinski definition) is 4. The Morgan fingerprint density at radius 3 is 2.79 bits per heavy atom. The monoisotopic (exact) mass is 303 g/mol. The van der Waals surface area contributed by atoms with Gasteiger partial charge in [-0.25, -0.2) is 18.1 Å². The van der Waals surface area contributed by atoms with Crippen LogP contribution in [0, 0.1) is 5.92 Å². The van der Waals surface area contributed by atoms with E-state index in [9.17, 15) is 8.42 Å². The molecule has 1 aliphatic heterocycles. The molecule has 0 aliphatic carbocycles. The number of likely N-dealkylation sites (tertiary alicyclic amines) is 1. The van der Waals surface area contributed by atoms with Gasteiger partial charge in [0.1, 0.15) is 10.0 Å². The molecule has 2 rings (SSSR count). The molecule has 19 heavy (non-hydrogen) atoms. The van der Waals surface area contributed by atoms with Gasteiger partial charge in [0.05, 0.1) is 0 Å². The van der Waals surface area contributed by atoms with Crippen LogP contribution >= 0.6 is 11.6 Å². The summed E-state index contributed by atoms with van der Waals surface area (Å²) in [5.74, 6) is 0.390. The fourth-order valence-corrected chi connectivity index (χ4v) is 3.71. The summed E-state index contributed by atoms with van der Waals surface area (Å²) in [4.78, 5) is 6.09. The van der Waals surface area contributed by atoms with Gasteiger partial charge in [-0.3, -0.25) is 0 Å². The highest BCUT2D eigenvalue weighted by atomic mass is 35.5. The lowest BCUT2D eigenvalue weighted by Gasteiger charge is -2.28. The highest BCUT2D eigenvalue weighted by molar-refractivity contribution is 7.89. The molecule has 0 amide bonds. The van der Waals surface area contributed by atoms with Crippen LogP contribution in [0.3, 0.4) is 0 Å². The molecule has 1 saturated heterocycles. The van der Waals surface area contributed by atoms with Gasteiger partial charge in [-0.05, 0) is 51.0 Å². The molecule has 0 unspecified atom stereocenters. The third-order valence-electron chi connectivity index (χ3n) is 3.41. The van der Waals surface area contributed by atoms with Gasteiger partial charge in [0.25, 0.3) is 0 Å². The number of rotatable bonds is 4. The molecule has 7 heteroatoms. The minimum absolute atomic E-state index is 0.0124. The van der Waals surface area contributed by atoms with Gasteiger partial charge in [-0.2, -0.15) is 0 Å². The number of piperidine rings is 1. The zero-order valence-corrected chi connectivity index (χ0v) is 12.4. The van der Waals surface area contributed by atoms with Gasteiger partial charge in [-0.15, -0.1) is 0 Å². The molecule has 1 aromatic heterocycles. The Morgan fingerprint density at radius 2 is 2.16 bits per heavy atom. The van der Waals surface area contributed by atoms with Gasteiger partial charge < -0.3 is 4.90 Å². The van der Waals surface area contributed by atoms with E-state index in [1.807, 2.05) is 0 Å². The average Bonchev–Trinajstić information content (AvgIpc) is 2.38. The van der Waals surface area contributed by atoms with E-state index in [-0.39, 0.29) is 10.0 Å². The van der Waals surface area contributed by atoms with Crippen LogP contribution < -0.4 is 4.72 Å². The van der Waals surface area contributed by atoms with E-state index in [0.29, 0.717) is 12.5 Å². The largest absolute Gasteiger partial charge is 0.306 e. The van der Waals surface area contributed by atoms with E-state index in [2.05, 4.69) is 21.7 Å². The Balaban J connectivity index is 1.97. The Bertz CT molecular complexity index is 528. The van der Waals surface area contributed by atoms with Gasteiger partial charge in [0.15, 0.2) is 0 Å². The zero-order chi connectivity index (χ0) is 13.9. The van der Waals surface area contributed by atoms with E-state index in [0.717, 1.165) is 25.9 Å². The summed E-state index contributed by atoms with van der Waals surface area (Å²) in [6.07, 6.45) is 3.50. The molecule has 0 aromatic carbocycles. The molecule has 5 nitrogen and oxygen atoms in total. The quantitative estimate of drug-likeness (QED) is 0.853. The van der Waals surface area contributed by atoms with Crippen molar-refractivity contribution in [2.45, 2.75) is 17.7 Å². The van der Waals surface area contributed by atoms with Gasteiger partial charge in [0, 0.05) is 12.7 Å². The first kappa shape index (κ1) is 14.7. The first-order valence-corrected chi connectivity index (χ1v) is 8.14. The Labute approximate surface area is 119 Å². The third kappa shape index (κ3) is 3.89. The molecular weight excluding hydrogens is 286 g/mol. The van der Waals surface area contributed by atoms with Crippen molar-refractivity contribution in [3.8, 4) is 0 Å². The number of pyridine rings is 1. The van der Waals surface area contributed by atoms with Crippen molar-refractivity contribution in [2.75, 3.05) is 26.7 Å². The molecule has 0 radical (unpaired) electrons. The molecule has 0 bridgehead atoms. The van der Waals surface area contributed by atoms with Crippen molar-refractivity contribution < 1.29 is 8.42 Å². The average molecular weight is 304 g/mol. The summed E-state index contributed by atoms with van der Waals surface area (Å²) in [6.45, 7) is 2.49. The van der Waals surface area contributed by atoms with Crippen LogP contribution in [-0.4, -0.2) is 45.0 Å². The van der Waals surface area contributed by atoms with Crippen molar-refractivity contribution >= 4 is 21.6 Å². The SMILES string of the molecule is CN1CCC(CNS(=O)(=O)c2cccnc2Cl)CC1. The summed E-state index contributed by atoms with van der Waals surface area (Å²) >= 11 is 5.81. The maximum Gasteiger partial charge on any atom is 0.243 e. The van der Waals surface area contributed by atoms with E-state index in [1.165, 1.54) is 12.3 Å². The lowest BCUT2D eigenvalue weighted by Crippen LogP contribution is -2.36. The fourth-order valence-electron chi connectivity index (χ4n) is 2.14. The molecule has 1 fully saturated rings. The normalized spacial score (nSPS) is 18.6. The smallest absolute Gasteiger partial charge is 0.243 e. The van der Waals surface area contributed by atoms with Gasteiger partial charge >= 0.3 is 0 Å². The summed E-state index contributed by atoms with van der Waals surface area (Å²) in [7, 11) is -1.48. The molecule has 1 N–H and O–H groups in total. The van der Waals surface area contributed by atoms with Crippen molar-refractivity contribution in [3.05, 3.63) is 23.5 Å². The molecule has 1 aliphatic rings. The molecule has 106 valence electrons. The Hall–Kier alpha value is -0.690. The number of nitrogens with one attached hydrogen (secondary N) is 1. The lowest BCUT2D eigenvalue weighted by molar-refractivity contribution is 0.220. The van der Waals surface area contributed by atoms with E-state index in [4.69, 9.17) is 11.6 Å². The third-order valence-corrected chi connectivity index (χ3v) is 5.28. The maximum absolute atomic E-state index is 12.1. The van der Waals surface area contributed by atoms with E-state index >= 15 is 0 Å². The number of sulfonamides is 1. The van der Waals surface area contributed by atoms with Crippen LogP contribution in [0.25, 0.3) is 0 Å². The second kappa shape index (κ2) is 6.17. The molecule has 2 heterocycles. The molecular formula is C12H18ClN3O2S. The highest BCUT2D eigenvalue weighted by Crippen LogP contribution is 2.19. The van der Waals surface area contributed by atoms with Crippen LogP contribution in [0.4, 0.5) is 0 Å². The van der Waals surface area contributed by atoms with Crippen LogP contribution in [0.15, 0.2) is 23.2 Å². The maximum atomic E-state index is 12.1. The van der Waals surface area contributed by atoms with E-state index < -0.39 is 10.0 Å². The van der Waals surface area contributed by atoms with Crippen LogP contribution in [-0.2, 0) is 10.0 Å². The summed E-state index contributed by atoms with van der Waals surface area (Å²) in [5, 5.41) is 0.0124. The van der Waals surface area contributed by atoms with Gasteiger partial charge in [-0.1, -0.05) is 11.6 Å². The predicted octanol–water partition coefficient (Wildman–Crippen LogP) is 1.36. The predicted molar refractivity (Wildman–Crippen MR) is 74.7 cm³/mol. The first-order valence-electron chi connectivity index (χ1n) is 6.28. The van der Waals surface area contributed by atoms with Gasteiger partial charge in [0.2, 0.25) is 10.0 Å². The van der Waals surface area contributed by atoms with Crippen molar-refractivity contribution in [1.82, 2.24) is 14.6 Å². The Kier molecular flexibility index (Phi) is 4.78. The van der Waals surface area contributed by atoms with Crippen LogP contribution in [0.1, 0.15) is 12.8 Å². The minimum Gasteiger partial charge on any atom is -0.306 e. The lowest BCUT2D eigenvalue weighted by atomic mass is 9.98. The second-order valence-electron chi connectivity index (χ2n) is 4.89. The number of aromatic nitrogens is 1. The Morgan fingerprint density at radius 1 is 1.47 bits per heavy atom. The van der Waals surface area contributed by atoms with Crippen LogP contribution in [0.2, 0.25) is 5.15 Å². The summed E-state index contributed by atoms with van der Waals surface area (Å²) in [6, 6.07) is 3.03. The topological polar surface area (TPSA) is 62.3 Å². The number of hydrogen-bond donors (Lipinski definition) is 1. The molecule has 1 aromatic rings. The standard InChI is InChI=1S/C12H18ClN3O2S/c1-16-7-4-10(5-8-16)9-15-19(17,18)11-3-2-6-14-12(11)13/h2-3,6,10,15H,4-5,7-9H2,1H3. The first-order chi connectivity index (χ1) is 8.99. The minimum atomic E-state index is -3.56. The summed E-state index contributed by atoms with van der Waals surface area (Å²) < 4.78 is 26.9. The molecule has 0 atom stereocenters. The van der Waals surface area contributed by atoms with Crippen molar-refractivity contribution in [3.63, 3.8) is 0 Å². The highest BCUT2D eigenvalue weighted by Gasteiger charge is 2.22. The second-order valence-corrected chi connectivity index (χ2v) is 6.98.